The van der Waals surface area contributed by atoms with Crippen LogP contribution >= 0.6 is 0 Å². The molecule has 0 fully saturated rings. The number of nitrogens with zero attached hydrogens (tertiary/aromatic N) is 4. The van der Waals surface area contributed by atoms with E-state index in [4.69, 9.17) is 5.84 Å². The van der Waals surface area contributed by atoms with Crippen LogP contribution in [0.5, 0.6) is 0 Å². The third-order valence-corrected chi connectivity index (χ3v) is 2.29. The van der Waals surface area contributed by atoms with Crippen LogP contribution in [0, 0.1) is 0 Å². The SMILES string of the molecule is Cn1cc(CCNc2cc(NN)ncn2)cn1. The molecule has 2 aromatic rings. The van der Waals surface area contributed by atoms with Crippen LogP contribution in [-0.2, 0) is 13.5 Å². The number of nitrogens with two attached hydrogens (primary N) is 1. The summed E-state index contributed by atoms with van der Waals surface area (Å²) in [5.74, 6) is 6.60. The van der Waals surface area contributed by atoms with Gasteiger partial charge in [-0.25, -0.2) is 15.8 Å². The first-order valence-electron chi connectivity index (χ1n) is 5.28. The Labute approximate surface area is 99.0 Å². The predicted octanol–water partition coefficient (Wildman–Crippen LogP) is 0.150. The highest BCUT2D eigenvalue weighted by molar-refractivity contribution is 5.45. The van der Waals surface area contributed by atoms with Crippen LogP contribution in [0.25, 0.3) is 0 Å². The molecule has 7 heteroatoms. The molecule has 0 atom stereocenters. The van der Waals surface area contributed by atoms with E-state index in [1.807, 2.05) is 19.4 Å². The molecule has 0 unspecified atom stereocenters. The van der Waals surface area contributed by atoms with E-state index in [9.17, 15) is 0 Å². The molecule has 2 heterocycles. The lowest BCUT2D eigenvalue weighted by atomic mass is 10.2. The van der Waals surface area contributed by atoms with Crippen molar-refractivity contribution in [3.05, 3.63) is 30.4 Å². The summed E-state index contributed by atoms with van der Waals surface area (Å²) in [6.45, 7) is 0.784. The van der Waals surface area contributed by atoms with E-state index in [0.29, 0.717) is 5.82 Å². The molecule has 0 radical (unpaired) electrons. The number of nitrogen functional groups attached to an aromatic ring is 1. The second kappa shape index (κ2) is 5.26. The standard InChI is InChI=1S/C10H15N7/c1-17-6-8(5-15-17)2-3-12-9-4-10(16-11)14-7-13-9/h4-7H,2-3,11H2,1H3,(H2,12,13,14,16). The Morgan fingerprint density at radius 2 is 2.18 bits per heavy atom. The topological polar surface area (TPSA) is 93.7 Å². The van der Waals surface area contributed by atoms with Crippen LogP contribution in [0.15, 0.2) is 24.8 Å². The lowest BCUT2D eigenvalue weighted by molar-refractivity contribution is 0.767. The van der Waals surface area contributed by atoms with Crippen molar-refractivity contribution in [2.45, 2.75) is 6.42 Å². The fraction of sp³-hybridized carbons (Fsp3) is 0.300. The summed E-state index contributed by atoms with van der Waals surface area (Å²) in [5.41, 5.74) is 3.66. The molecule has 0 aliphatic heterocycles. The minimum atomic E-state index is 0.587. The van der Waals surface area contributed by atoms with Gasteiger partial charge in [0, 0.05) is 25.9 Å². The number of hydrogen-bond acceptors (Lipinski definition) is 6. The number of nitrogens with one attached hydrogen (secondary N) is 2. The van der Waals surface area contributed by atoms with E-state index < -0.39 is 0 Å². The summed E-state index contributed by atoms with van der Waals surface area (Å²) in [4.78, 5) is 8.01. The minimum Gasteiger partial charge on any atom is -0.370 e. The van der Waals surface area contributed by atoms with Crippen molar-refractivity contribution in [2.75, 3.05) is 17.3 Å². The Kier molecular flexibility index (Phi) is 3.51. The Hall–Kier alpha value is -2.15. The fourth-order valence-electron chi connectivity index (χ4n) is 1.47. The van der Waals surface area contributed by atoms with Crippen molar-refractivity contribution < 1.29 is 0 Å². The zero-order valence-electron chi connectivity index (χ0n) is 9.59. The molecular weight excluding hydrogens is 218 g/mol. The van der Waals surface area contributed by atoms with E-state index in [-0.39, 0.29) is 0 Å². The highest BCUT2D eigenvalue weighted by Crippen LogP contribution is 2.07. The molecule has 0 spiro atoms. The molecule has 7 nitrogen and oxygen atoms in total. The van der Waals surface area contributed by atoms with Gasteiger partial charge in [-0.3, -0.25) is 4.68 Å². The van der Waals surface area contributed by atoms with Gasteiger partial charge in [0.15, 0.2) is 0 Å². The first-order valence-corrected chi connectivity index (χ1v) is 5.28. The highest BCUT2D eigenvalue weighted by Gasteiger charge is 1.98. The third-order valence-electron chi connectivity index (χ3n) is 2.29. The molecule has 0 bridgehead atoms. The Morgan fingerprint density at radius 3 is 2.88 bits per heavy atom. The molecule has 0 saturated carbocycles. The summed E-state index contributed by atoms with van der Waals surface area (Å²) >= 11 is 0. The van der Waals surface area contributed by atoms with Gasteiger partial charge in [0.05, 0.1) is 6.20 Å². The molecule has 2 rings (SSSR count). The molecule has 0 aliphatic rings. The number of anilines is 2. The molecule has 0 amide bonds. The van der Waals surface area contributed by atoms with Crippen molar-refractivity contribution >= 4 is 11.6 Å². The maximum absolute atomic E-state index is 5.26. The Morgan fingerprint density at radius 1 is 1.35 bits per heavy atom. The Balaban J connectivity index is 1.85. The van der Waals surface area contributed by atoms with Crippen LogP contribution in [0.1, 0.15) is 5.56 Å². The quantitative estimate of drug-likeness (QED) is 0.503. The minimum absolute atomic E-state index is 0.587. The van der Waals surface area contributed by atoms with Crippen molar-refractivity contribution in [3.8, 4) is 0 Å². The number of aryl methyl sites for hydroxylation is 1. The maximum atomic E-state index is 5.26. The number of rotatable bonds is 5. The molecular formula is C10H15N7. The second-order valence-corrected chi connectivity index (χ2v) is 3.63. The van der Waals surface area contributed by atoms with E-state index in [2.05, 4.69) is 25.8 Å². The van der Waals surface area contributed by atoms with Crippen LogP contribution in [0.4, 0.5) is 11.6 Å². The maximum Gasteiger partial charge on any atom is 0.145 e. The normalized spacial score (nSPS) is 10.2. The molecule has 0 aromatic carbocycles. The zero-order chi connectivity index (χ0) is 12.1. The molecule has 2 aromatic heterocycles. The molecule has 0 saturated heterocycles. The van der Waals surface area contributed by atoms with Gasteiger partial charge in [0.25, 0.3) is 0 Å². The molecule has 4 N–H and O–H groups in total. The van der Waals surface area contributed by atoms with E-state index >= 15 is 0 Å². The second-order valence-electron chi connectivity index (χ2n) is 3.63. The van der Waals surface area contributed by atoms with E-state index in [1.165, 1.54) is 11.9 Å². The number of aromatic nitrogens is 4. The summed E-state index contributed by atoms with van der Waals surface area (Å²) in [7, 11) is 1.90. The monoisotopic (exact) mass is 233 g/mol. The summed E-state index contributed by atoms with van der Waals surface area (Å²) < 4.78 is 1.79. The summed E-state index contributed by atoms with van der Waals surface area (Å²) in [5, 5.41) is 7.30. The van der Waals surface area contributed by atoms with Crippen molar-refractivity contribution in [2.24, 2.45) is 12.9 Å². The zero-order valence-corrected chi connectivity index (χ0v) is 9.59. The van der Waals surface area contributed by atoms with Crippen LogP contribution in [-0.4, -0.2) is 26.3 Å². The lowest BCUT2D eigenvalue weighted by Crippen LogP contribution is -2.11. The first-order chi connectivity index (χ1) is 8.28. The molecule has 17 heavy (non-hydrogen) atoms. The van der Waals surface area contributed by atoms with E-state index in [0.717, 1.165) is 18.8 Å². The van der Waals surface area contributed by atoms with Gasteiger partial charge < -0.3 is 10.7 Å². The van der Waals surface area contributed by atoms with Crippen LogP contribution in [0.3, 0.4) is 0 Å². The van der Waals surface area contributed by atoms with Gasteiger partial charge in [-0.05, 0) is 12.0 Å². The number of hydrazine groups is 1. The summed E-state index contributed by atoms with van der Waals surface area (Å²) in [6, 6.07) is 1.75. The smallest absolute Gasteiger partial charge is 0.145 e. The van der Waals surface area contributed by atoms with Gasteiger partial charge >= 0.3 is 0 Å². The van der Waals surface area contributed by atoms with Crippen LogP contribution < -0.4 is 16.6 Å². The summed E-state index contributed by atoms with van der Waals surface area (Å²) in [6.07, 6.45) is 6.20. The lowest BCUT2D eigenvalue weighted by Gasteiger charge is -2.05. The van der Waals surface area contributed by atoms with Crippen molar-refractivity contribution in [1.82, 2.24) is 19.7 Å². The third kappa shape index (κ3) is 3.15. The number of hydrogen-bond donors (Lipinski definition) is 3. The largest absolute Gasteiger partial charge is 0.370 e. The molecule has 90 valence electrons. The molecule has 0 aliphatic carbocycles. The van der Waals surface area contributed by atoms with Crippen LogP contribution in [0.2, 0.25) is 0 Å². The van der Waals surface area contributed by atoms with Gasteiger partial charge in [0.2, 0.25) is 0 Å². The first kappa shape index (κ1) is 11.3. The average molecular weight is 233 g/mol. The van der Waals surface area contributed by atoms with E-state index in [1.54, 1.807) is 10.7 Å². The predicted molar refractivity (Wildman–Crippen MR) is 65.2 cm³/mol. The fourth-order valence-corrected chi connectivity index (χ4v) is 1.47. The van der Waals surface area contributed by atoms with Crippen molar-refractivity contribution in [3.63, 3.8) is 0 Å². The van der Waals surface area contributed by atoms with Crippen molar-refractivity contribution in [1.29, 1.82) is 0 Å². The Bertz CT molecular complexity index is 479. The van der Waals surface area contributed by atoms with Gasteiger partial charge in [0.1, 0.15) is 18.0 Å². The van der Waals surface area contributed by atoms with Gasteiger partial charge in [-0.1, -0.05) is 0 Å². The van der Waals surface area contributed by atoms with Gasteiger partial charge in [-0.15, -0.1) is 0 Å². The highest BCUT2D eigenvalue weighted by atomic mass is 15.3. The average Bonchev–Trinajstić information content (AvgIpc) is 2.75. The van der Waals surface area contributed by atoms with Gasteiger partial charge in [-0.2, -0.15) is 5.10 Å².